The molecule has 1 unspecified atom stereocenters. The molecule has 1 amide bonds. The molecule has 26 heavy (non-hydrogen) atoms. The maximum atomic E-state index is 12.7. The van der Waals surface area contributed by atoms with Crippen molar-refractivity contribution < 1.29 is 13.2 Å². The van der Waals surface area contributed by atoms with Crippen molar-refractivity contribution in [3.8, 4) is 0 Å². The van der Waals surface area contributed by atoms with E-state index in [1.807, 2.05) is 30.3 Å². The van der Waals surface area contributed by atoms with Crippen LogP contribution in [0.5, 0.6) is 0 Å². The number of rotatable bonds is 6. The first kappa shape index (κ1) is 18.6. The Hall–Kier alpha value is -2.22. The summed E-state index contributed by atoms with van der Waals surface area (Å²) in [4.78, 5) is 14.5. The minimum absolute atomic E-state index is 0.0947. The number of carbonyl (C=O) groups excluding carboxylic acids is 1. The Morgan fingerprint density at radius 2 is 1.96 bits per heavy atom. The molecule has 0 spiro atoms. The molecular formula is C19H23N3O3S. The summed E-state index contributed by atoms with van der Waals surface area (Å²) >= 11 is 0. The van der Waals surface area contributed by atoms with Crippen molar-refractivity contribution in [3.05, 3.63) is 65.7 Å². The molecule has 1 aliphatic rings. The minimum atomic E-state index is -3.69. The molecule has 2 aromatic rings. The van der Waals surface area contributed by atoms with Crippen molar-refractivity contribution >= 4 is 15.9 Å². The van der Waals surface area contributed by atoms with Gasteiger partial charge in [0.15, 0.2) is 0 Å². The van der Waals surface area contributed by atoms with Crippen LogP contribution in [0, 0.1) is 0 Å². The van der Waals surface area contributed by atoms with E-state index in [9.17, 15) is 13.2 Å². The smallest absolute Gasteiger partial charge is 0.253 e. The lowest BCUT2D eigenvalue weighted by Gasteiger charge is -2.24. The Morgan fingerprint density at radius 1 is 1.19 bits per heavy atom. The summed E-state index contributed by atoms with van der Waals surface area (Å²) < 4.78 is 27.7. The van der Waals surface area contributed by atoms with Gasteiger partial charge in [0.05, 0.1) is 4.90 Å². The van der Waals surface area contributed by atoms with Gasteiger partial charge >= 0.3 is 0 Å². The molecule has 0 radical (unpaired) electrons. The zero-order valence-electron chi connectivity index (χ0n) is 14.7. The van der Waals surface area contributed by atoms with Crippen LogP contribution in [-0.4, -0.2) is 45.4 Å². The number of likely N-dealkylation sites (N-methyl/N-ethyl adjacent to an activating group) is 1. The predicted octanol–water partition coefficient (Wildman–Crippen LogP) is 1.60. The van der Waals surface area contributed by atoms with Crippen LogP contribution in [0.25, 0.3) is 0 Å². The number of nitrogens with one attached hydrogen (secondary N) is 2. The quantitative estimate of drug-likeness (QED) is 0.806. The molecule has 3 rings (SSSR count). The fraction of sp³-hybridized carbons (Fsp3) is 0.316. The van der Waals surface area contributed by atoms with Gasteiger partial charge in [0.25, 0.3) is 5.91 Å². The summed E-state index contributed by atoms with van der Waals surface area (Å²) in [7, 11) is -1.93. The highest BCUT2D eigenvalue weighted by Gasteiger charge is 2.25. The fourth-order valence-electron chi connectivity index (χ4n) is 2.99. The van der Waals surface area contributed by atoms with E-state index in [1.165, 1.54) is 12.1 Å². The second-order valence-electron chi connectivity index (χ2n) is 6.40. The molecule has 1 fully saturated rings. The van der Waals surface area contributed by atoms with Gasteiger partial charge in [-0.1, -0.05) is 36.4 Å². The number of benzene rings is 2. The first-order chi connectivity index (χ1) is 12.5. The van der Waals surface area contributed by atoms with Gasteiger partial charge in [-0.05, 0) is 36.7 Å². The second-order valence-corrected chi connectivity index (χ2v) is 8.17. The lowest BCUT2D eigenvalue weighted by molar-refractivity contribution is 0.0743. The van der Waals surface area contributed by atoms with Gasteiger partial charge in [0.2, 0.25) is 10.0 Å². The summed E-state index contributed by atoms with van der Waals surface area (Å²) in [5.41, 5.74) is 1.25. The van der Waals surface area contributed by atoms with Gasteiger partial charge in [0, 0.05) is 31.7 Å². The molecule has 2 N–H and O–H groups in total. The summed E-state index contributed by atoms with van der Waals surface area (Å²) in [6.45, 7) is 1.86. The first-order valence-corrected chi connectivity index (χ1v) is 10.1. The van der Waals surface area contributed by atoms with Crippen molar-refractivity contribution in [3.63, 3.8) is 0 Å². The molecular weight excluding hydrogens is 350 g/mol. The number of sulfonamides is 1. The average Bonchev–Trinajstić information content (AvgIpc) is 3.21. The van der Waals surface area contributed by atoms with Crippen LogP contribution in [0.4, 0.5) is 0 Å². The lowest BCUT2D eigenvalue weighted by Crippen LogP contribution is -2.38. The summed E-state index contributed by atoms with van der Waals surface area (Å²) in [5.74, 6) is -0.168. The van der Waals surface area contributed by atoms with E-state index in [-0.39, 0.29) is 23.4 Å². The number of amides is 1. The Bertz CT molecular complexity index is 863. The Morgan fingerprint density at radius 3 is 2.65 bits per heavy atom. The van der Waals surface area contributed by atoms with Crippen molar-refractivity contribution in [2.75, 3.05) is 20.1 Å². The Labute approximate surface area is 154 Å². The molecule has 0 bridgehead atoms. The molecule has 1 heterocycles. The molecule has 138 valence electrons. The molecule has 1 saturated heterocycles. The highest BCUT2D eigenvalue weighted by atomic mass is 32.2. The van der Waals surface area contributed by atoms with E-state index in [1.54, 1.807) is 24.1 Å². The summed E-state index contributed by atoms with van der Waals surface area (Å²) in [6.07, 6.45) is 0.902. The van der Waals surface area contributed by atoms with Crippen molar-refractivity contribution in [1.29, 1.82) is 0 Å². The topological polar surface area (TPSA) is 78.5 Å². The maximum absolute atomic E-state index is 12.7. The normalized spacial score (nSPS) is 17.2. The number of carbonyl (C=O) groups is 1. The maximum Gasteiger partial charge on any atom is 0.253 e. The Balaban J connectivity index is 1.74. The number of nitrogens with zero attached hydrogens (tertiary/aromatic N) is 1. The molecule has 1 aliphatic heterocycles. The third-order valence-corrected chi connectivity index (χ3v) is 6.00. The number of hydrogen-bond donors (Lipinski definition) is 2. The summed E-state index contributed by atoms with van der Waals surface area (Å²) in [5, 5.41) is 3.23. The van der Waals surface area contributed by atoms with Crippen LogP contribution >= 0.6 is 0 Å². The molecule has 0 aromatic heterocycles. The van der Waals surface area contributed by atoms with E-state index in [0.717, 1.165) is 25.1 Å². The van der Waals surface area contributed by atoms with Crippen molar-refractivity contribution in [2.24, 2.45) is 0 Å². The van der Waals surface area contributed by atoms with E-state index >= 15 is 0 Å². The minimum Gasteiger partial charge on any atom is -0.337 e. The average molecular weight is 373 g/mol. The number of hydrogen-bond acceptors (Lipinski definition) is 4. The highest BCUT2D eigenvalue weighted by Crippen LogP contribution is 2.16. The van der Waals surface area contributed by atoms with Gasteiger partial charge in [0.1, 0.15) is 0 Å². The van der Waals surface area contributed by atoms with Gasteiger partial charge in [-0.25, -0.2) is 13.1 Å². The van der Waals surface area contributed by atoms with Crippen molar-refractivity contribution in [2.45, 2.75) is 23.9 Å². The van der Waals surface area contributed by atoms with E-state index in [2.05, 4.69) is 10.0 Å². The van der Waals surface area contributed by atoms with Crippen LogP contribution < -0.4 is 10.0 Å². The third-order valence-electron chi connectivity index (χ3n) is 4.60. The van der Waals surface area contributed by atoms with Gasteiger partial charge in [-0.3, -0.25) is 4.79 Å². The largest absolute Gasteiger partial charge is 0.337 e. The van der Waals surface area contributed by atoms with Crippen LogP contribution in [0.3, 0.4) is 0 Å². The van der Waals surface area contributed by atoms with Crippen LogP contribution in [0.1, 0.15) is 22.3 Å². The third kappa shape index (κ3) is 4.30. The molecule has 1 atom stereocenters. The fourth-order valence-corrected chi connectivity index (χ4v) is 4.06. The van der Waals surface area contributed by atoms with E-state index < -0.39 is 10.0 Å². The highest BCUT2D eigenvalue weighted by molar-refractivity contribution is 7.89. The van der Waals surface area contributed by atoms with Crippen LogP contribution in [0.15, 0.2) is 59.5 Å². The van der Waals surface area contributed by atoms with Crippen molar-refractivity contribution in [1.82, 2.24) is 14.9 Å². The van der Waals surface area contributed by atoms with Crippen LogP contribution in [-0.2, 0) is 16.6 Å². The zero-order valence-corrected chi connectivity index (χ0v) is 15.5. The molecule has 6 nitrogen and oxygen atoms in total. The molecule has 7 heteroatoms. The first-order valence-electron chi connectivity index (χ1n) is 8.59. The lowest BCUT2D eigenvalue weighted by atomic mass is 10.1. The van der Waals surface area contributed by atoms with Crippen LogP contribution in [0.2, 0.25) is 0 Å². The molecule has 2 aromatic carbocycles. The SMILES string of the molecule is CN(C(=O)c1cccc(S(=O)(=O)NCc2ccccc2)c1)C1CCNC1. The standard InChI is InChI=1S/C19H23N3O3S/c1-22(17-10-11-20-14-17)19(23)16-8-5-9-18(12-16)26(24,25)21-13-15-6-3-2-4-7-15/h2-9,12,17,20-21H,10-11,13-14H2,1H3. The van der Waals surface area contributed by atoms with Gasteiger partial charge < -0.3 is 10.2 Å². The molecule has 0 saturated carbocycles. The van der Waals surface area contributed by atoms with Gasteiger partial charge in [-0.2, -0.15) is 0 Å². The summed E-state index contributed by atoms with van der Waals surface area (Å²) in [6, 6.07) is 15.6. The second kappa shape index (κ2) is 7.99. The predicted molar refractivity (Wildman–Crippen MR) is 100 cm³/mol. The Kier molecular flexibility index (Phi) is 5.70. The van der Waals surface area contributed by atoms with Gasteiger partial charge in [-0.15, -0.1) is 0 Å². The van der Waals surface area contributed by atoms with E-state index in [0.29, 0.717) is 5.56 Å². The van der Waals surface area contributed by atoms with E-state index in [4.69, 9.17) is 0 Å². The zero-order chi connectivity index (χ0) is 18.6. The molecule has 0 aliphatic carbocycles. The monoisotopic (exact) mass is 373 g/mol.